The third-order valence-electron chi connectivity index (χ3n) is 6.07. The van der Waals surface area contributed by atoms with Crippen LogP contribution in [0.1, 0.15) is 30.4 Å². The van der Waals surface area contributed by atoms with Crippen molar-refractivity contribution in [2.75, 3.05) is 26.7 Å². The predicted molar refractivity (Wildman–Crippen MR) is 103 cm³/mol. The van der Waals surface area contributed by atoms with Crippen LogP contribution >= 0.6 is 0 Å². The van der Waals surface area contributed by atoms with E-state index in [1.165, 1.54) is 10.5 Å². The number of aryl methyl sites for hydroxylation is 1. The summed E-state index contributed by atoms with van der Waals surface area (Å²) in [5.74, 6) is -0.0299. The van der Waals surface area contributed by atoms with E-state index in [9.17, 15) is 9.59 Å². The lowest BCUT2D eigenvalue weighted by atomic mass is 9.86. The Kier molecular flexibility index (Phi) is 5.17. The van der Waals surface area contributed by atoms with E-state index in [0.29, 0.717) is 19.4 Å². The molecule has 4 rings (SSSR count). The number of furan rings is 1. The van der Waals surface area contributed by atoms with Crippen molar-refractivity contribution in [3.63, 3.8) is 0 Å². The Morgan fingerprint density at radius 2 is 1.86 bits per heavy atom. The summed E-state index contributed by atoms with van der Waals surface area (Å²) in [5.41, 5.74) is 1.63. The molecule has 1 spiro atoms. The molecule has 0 atom stereocenters. The highest BCUT2D eigenvalue weighted by Gasteiger charge is 2.56. The molecule has 7 nitrogen and oxygen atoms in total. The van der Waals surface area contributed by atoms with Crippen LogP contribution in [0.15, 0.2) is 47.5 Å². The minimum absolute atomic E-state index is 0.0299. The first-order valence-electron chi connectivity index (χ1n) is 9.82. The molecule has 2 aromatic rings. The molecule has 2 aromatic heterocycles. The average Bonchev–Trinajstić information content (AvgIpc) is 3.29. The maximum atomic E-state index is 13.2. The number of aromatic nitrogens is 1. The van der Waals surface area contributed by atoms with Crippen molar-refractivity contribution in [1.29, 1.82) is 0 Å². The van der Waals surface area contributed by atoms with Crippen molar-refractivity contribution in [3.8, 4) is 0 Å². The number of rotatable bonds is 6. The lowest BCUT2D eigenvalue weighted by molar-refractivity contribution is -0.135. The fraction of sp³-hybridized carbons (Fsp3) is 0.476. The molecular formula is C21H26N4O3. The predicted octanol–water partition coefficient (Wildman–Crippen LogP) is 2.54. The van der Waals surface area contributed by atoms with Gasteiger partial charge in [-0.15, -0.1) is 0 Å². The van der Waals surface area contributed by atoms with Gasteiger partial charge < -0.3 is 9.32 Å². The smallest absolute Gasteiger partial charge is 0.327 e. The number of carbonyl (C=O) groups is 2. The molecule has 3 amide bonds. The van der Waals surface area contributed by atoms with Gasteiger partial charge in [-0.25, -0.2) is 4.79 Å². The molecule has 148 valence electrons. The number of nitrogens with zero attached hydrogens (tertiary/aromatic N) is 4. The zero-order valence-electron chi connectivity index (χ0n) is 16.2. The van der Waals surface area contributed by atoms with Crippen molar-refractivity contribution < 1.29 is 14.0 Å². The highest BCUT2D eigenvalue weighted by Crippen LogP contribution is 2.36. The molecule has 0 N–H and O–H groups in total. The Labute approximate surface area is 164 Å². The van der Waals surface area contributed by atoms with Gasteiger partial charge >= 0.3 is 6.03 Å². The van der Waals surface area contributed by atoms with Crippen LogP contribution < -0.4 is 0 Å². The van der Waals surface area contributed by atoms with Crippen molar-refractivity contribution in [3.05, 3.63) is 54.2 Å². The molecule has 0 saturated carbocycles. The van der Waals surface area contributed by atoms with Gasteiger partial charge in [-0.3, -0.25) is 19.6 Å². The van der Waals surface area contributed by atoms with E-state index in [1.54, 1.807) is 36.9 Å². The Balaban J connectivity index is 1.36. The van der Waals surface area contributed by atoms with Crippen LogP contribution in [0.5, 0.6) is 0 Å². The van der Waals surface area contributed by atoms with Crippen LogP contribution in [0.25, 0.3) is 0 Å². The van der Waals surface area contributed by atoms with Gasteiger partial charge in [0.15, 0.2) is 0 Å². The number of piperidine rings is 1. The number of amides is 3. The van der Waals surface area contributed by atoms with Crippen molar-refractivity contribution in [1.82, 2.24) is 19.7 Å². The largest absolute Gasteiger partial charge is 0.472 e. The maximum Gasteiger partial charge on any atom is 0.327 e. The number of hydrogen-bond acceptors (Lipinski definition) is 5. The first kappa shape index (κ1) is 18.7. The van der Waals surface area contributed by atoms with Crippen LogP contribution in [-0.4, -0.2) is 63.8 Å². The summed E-state index contributed by atoms with van der Waals surface area (Å²) in [7, 11) is 1.77. The number of hydrogen-bond donors (Lipinski definition) is 0. The second-order valence-electron chi connectivity index (χ2n) is 7.70. The summed E-state index contributed by atoms with van der Waals surface area (Å²) in [6.45, 7) is 2.86. The molecule has 7 heteroatoms. The summed E-state index contributed by atoms with van der Waals surface area (Å²) in [6, 6.07) is 5.74. The van der Waals surface area contributed by atoms with Crippen molar-refractivity contribution in [2.45, 2.75) is 37.8 Å². The Morgan fingerprint density at radius 3 is 2.54 bits per heavy atom. The molecule has 0 aromatic carbocycles. The van der Waals surface area contributed by atoms with Gasteiger partial charge in [0, 0.05) is 51.2 Å². The standard InChI is InChI=1S/C21H26N4O3/c1-23-20(27)25(11-2-3-17-4-9-22-10-5-17)19(26)21(23)7-12-24(13-8-21)15-18-6-14-28-16-18/h4-6,9-10,14,16H,2-3,7-8,11-13,15H2,1H3. The monoisotopic (exact) mass is 382 g/mol. The second kappa shape index (κ2) is 7.75. The van der Waals surface area contributed by atoms with Crippen LogP contribution in [-0.2, 0) is 17.8 Å². The third kappa shape index (κ3) is 3.42. The minimum Gasteiger partial charge on any atom is -0.472 e. The number of likely N-dealkylation sites (tertiary alicyclic amines) is 1. The van der Waals surface area contributed by atoms with E-state index < -0.39 is 5.54 Å². The van der Waals surface area contributed by atoms with E-state index in [4.69, 9.17) is 4.42 Å². The lowest BCUT2D eigenvalue weighted by Gasteiger charge is -2.40. The zero-order chi connectivity index (χ0) is 19.6. The van der Waals surface area contributed by atoms with Crippen LogP contribution in [0.2, 0.25) is 0 Å². The molecule has 0 aliphatic carbocycles. The Hall–Kier alpha value is -2.67. The number of likely N-dealkylation sites (N-methyl/N-ethyl adjacent to an activating group) is 1. The number of pyridine rings is 1. The van der Waals surface area contributed by atoms with Gasteiger partial charge in [-0.05, 0) is 49.4 Å². The Bertz CT molecular complexity index is 813. The van der Waals surface area contributed by atoms with E-state index in [2.05, 4.69) is 9.88 Å². The van der Waals surface area contributed by atoms with E-state index in [0.717, 1.165) is 38.0 Å². The SMILES string of the molecule is CN1C(=O)N(CCCc2ccncc2)C(=O)C12CCN(Cc1ccoc1)CC2. The molecule has 0 unspecified atom stereocenters. The van der Waals surface area contributed by atoms with Crippen LogP contribution in [0, 0.1) is 0 Å². The summed E-state index contributed by atoms with van der Waals surface area (Å²) in [4.78, 5) is 35.4. The summed E-state index contributed by atoms with van der Waals surface area (Å²) in [6.07, 6.45) is 9.90. The van der Waals surface area contributed by atoms with Gasteiger partial charge in [-0.2, -0.15) is 0 Å². The first-order valence-corrected chi connectivity index (χ1v) is 9.82. The fourth-order valence-corrected chi connectivity index (χ4v) is 4.30. The van der Waals surface area contributed by atoms with Crippen LogP contribution in [0.3, 0.4) is 0 Å². The molecule has 0 radical (unpaired) electrons. The number of urea groups is 1. The fourth-order valence-electron chi connectivity index (χ4n) is 4.30. The molecule has 4 heterocycles. The second-order valence-corrected chi connectivity index (χ2v) is 7.70. The maximum absolute atomic E-state index is 13.2. The highest BCUT2D eigenvalue weighted by molar-refractivity contribution is 6.07. The summed E-state index contributed by atoms with van der Waals surface area (Å²) >= 11 is 0. The average molecular weight is 382 g/mol. The molecular weight excluding hydrogens is 356 g/mol. The van der Waals surface area contributed by atoms with Crippen LogP contribution in [0.4, 0.5) is 4.79 Å². The molecule has 2 saturated heterocycles. The molecule has 2 aliphatic heterocycles. The number of imide groups is 1. The minimum atomic E-state index is -0.680. The molecule has 28 heavy (non-hydrogen) atoms. The lowest BCUT2D eigenvalue weighted by Crippen LogP contribution is -2.55. The number of carbonyl (C=O) groups excluding carboxylic acids is 2. The quantitative estimate of drug-likeness (QED) is 0.718. The van der Waals surface area contributed by atoms with Crippen molar-refractivity contribution in [2.24, 2.45) is 0 Å². The zero-order valence-corrected chi connectivity index (χ0v) is 16.2. The van der Waals surface area contributed by atoms with Gasteiger partial charge in [0.2, 0.25) is 0 Å². The van der Waals surface area contributed by atoms with E-state index >= 15 is 0 Å². The molecule has 0 bridgehead atoms. The molecule has 2 aliphatic rings. The van der Waals surface area contributed by atoms with Gasteiger partial charge in [0.05, 0.1) is 12.5 Å². The van der Waals surface area contributed by atoms with Crippen molar-refractivity contribution >= 4 is 11.9 Å². The van der Waals surface area contributed by atoms with E-state index in [-0.39, 0.29) is 11.9 Å². The summed E-state index contributed by atoms with van der Waals surface area (Å²) in [5, 5.41) is 0. The van der Waals surface area contributed by atoms with E-state index in [1.807, 2.05) is 18.2 Å². The Morgan fingerprint density at radius 1 is 1.11 bits per heavy atom. The first-order chi connectivity index (χ1) is 13.6. The highest BCUT2D eigenvalue weighted by atomic mass is 16.3. The van der Waals surface area contributed by atoms with Gasteiger partial charge in [0.25, 0.3) is 5.91 Å². The normalized spacial score (nSPS) is 19.8. The topological polar surface area (TPSA) is 69.9 Å². The third-order valence-corrected chi connectivity index (χ3v) is 6.07. The molecule has 2 fully saturated rings. The van der Waals surface area contributed by atoms with Gasteiger partial charge in [-0.1, -0.05) is 0 Å². The summed E-state index contributed by atoms with van der Waals surface area (Å²) < 4.78 is 5.14. The van der Waals surface area contributed by atoms with Gasteiger partial charge in [0.1, 0.15) is 5.54 Å².